The normalized spacial score (nSPS) is 19.2. The Labute approximate surface area is 120 Å². The molecule has 1 saturated heterocycles. The Morgan fingerprint density at radius 3 is 2.85 bits per heavy atom. The lowest BCUT2D eigenvalue weighted by molar-refractivity contribution is -0.141. The van der Waals surface area contributed by atoms with Gasteiger partial charge in [0, 0.05) is 13.1 Å². The second-order valence-corrected chi connectivity index (χ2v) is 5.57. The van der Waals surface area contributed by atoms with Crippen LogP contribution in [0.2, 0.25) is 0 Å². The van der Waals surface area contributed by atoms with Gasteiger partial charge in [0.15, 0.2) is 0 Å². The standard InChI is InChI=1S/C16H23NO3/c1-12-4-5-15(10-13(12)2)20-9-3-7-17-8-6-14(11-17)16(18)19/h4-5,10,14H,3,6-9,11H2,1-2H3,(H,18,19). The summed E-state index contributed by atoms with van der Waals surface area (Å²) in [5.74, 6) is 0.0625. The largest absolute Gasteiger partial charge is 0.494 e. The van der Waals surface area contributed by atoms with Crippen molar-refractivity contribution >= 4 is 5.97 Å². The molecule has 20 heavy (non-hydrogen) atoms. The molecule has 0 radical (unpaired) electrons. The SMILES string of the molecule is Cc1ccc(OCCCN2CCC(C(=O)O)C2)cc1C. The molecular weight excluding hydrogens is 254 g/mol. The zero-order valence-corrected chi connectivity index (χ0v) is 12.3. The van der Waals surface area contributed by atoms with Gasteiger partial charge in [0.05, 0.1) is 12.5 Å². The van der Waals surface area contributed by atoms with Crippen LogP contribution in [0.1, 0.15) is 24.0 Å². The van der Waals surface area contributed by atoms with Gasteiger partial charge in [-0.25, -0.2) is 0 Å². The molecule has 110 valence electrons. The number of ether oxygens (including phenoxy) is 1. The molecule has 0 saturated carbocycles. The molecule has 0 aromatic heterocycles. The number of likely N-dealkylation sites (tertiary alicyclic amines) is 1. The van der Waals surface area contributed by atoms with Crippen LogP contribution in [0.25, 0.3) is 0 Å². The maximum atomic E-state index is 10.9. The van der Waals surface area contributed by atoms with Crippen molar-refractivity contribution in [2.24, 2.45) is 5.92 Å². The van der Waals surface area contributed by atoms with E-state index in [1.165, 1.54) is 11.1 Å². The lowest BCUT2D eigenvalue weighted by Crippen LogP contribution is -2.25. The minimum atomic E-state index is -0.668. The number of carbonyl (C=O) groups is 1. The van der Waals surface area contributed by atoms with E-state index in [4.69, 9.17) is 9.84 Å². The number of aryl methyl sites for hydroxylation is 2. The molecular formula is C16H23NO3. The molecule has 4 heteroatoms. The van der Waals surface area contributed by atoms with E-state index < -0.39 is 5.97 Å². The Bertz CT molecular complexity index is 473. The summed E-state index contributed by atoms with van der Waals surface area (Å²) in [6.45, 7) is 7.33. The average molecular weight is 277 g/mol. The molecule has 1 aliphatic heterocycles. The second kappa shape index (κ2) is 6.75. The molecule has 1 atom stereocenters. The van der Waals surface area contributed by atoms with Gasteiger partial charge in [-0.2, -0.15) is 0 Å². The topological polar surface area (TPSA) is 49.8 Å². The van der Waals surface area contributed by atoms with E-state index in [1.54, 1.807) is 0 Å². The van der Waals surface area contributed by atoms with E-state index in [-0.39, 0.29) is 5.92 Å². The fourth-order valence-electron chi connectivity index (χ4n) is 2.52. The summed E-state index contributed by atoms with van der Waals surface area (Å²) in [7, 11) is 0. The maximum absolute atomic E-state index is 10.9. The summed E-state index contributed by atoms with van der Waals surface area (Å²) in [5, 5.41) is 8.95. The molecule has 1 aliphatic rings. The third kappa shape index (κ3) is 3.97. The molecule has 1 aromatic carbocycles. The Morgan fingerprint density at radius 2 is 2.20 bits per heavy atom. The number of carboxylic acids is 1. The lowest BCUT2D eigenvalue weighted by Gasteiger charge is -2.15. The van der Waals surface area contributed by atoms with Gasteiger partial charge in [-0.15, -0.1) is 0 Å². The van der Waals surface area contributed by atoms with Gasteiger partial charge in [0.2, 0.25) is 0 Å². The predicted molar refractivity (Wildman–Crippen MR) is 78.2 cm³/mol. The van der Waals surface area contributed by atoms with Crippen LogP contribution >= 0.6 is 0 Å². The van der Waals surface area contributed by atoms with Gasteiger partial charge in [-0.1, -0.05) is 6.07 Å². The number of benzene rings is 1. The number of hydrogen-bond donors (Lipinski definition) is 1. The Hall–Kier alpha value is -1.55. The van der Waals surface area contributed by atoms with Gasteiger partial charge >= 0.3 is 5.97 Å². The number of hydrogen-bond acceptors (Lipinski definition) is 3. The molecule has 0 aliphatic carbocycles. The van der Waals surface area contributed by atoms with Gasteiger partial charge in [0.1, 0.15) is 5.75 Å². The van der Waals surface area contributed by atoms with Crippen molar-refractivity contribution in [1.29, 1.82) is 0 Å². The van der Waals surface area contributed by atoms with Gasteiger partial charge < -0.3 is 14.7 Å². The summed E-state index contributed by atoms with van der Waals surface area (Å²) in [6.07, 6.45) is 1.70. The maximum Gasteiger partial charge on any atom is 0.307 e. The highest BCUT2D eigenvalue weighted by Crippen LogP contribution is 2.18. The van der Waals surface area contributed by atoms with Gasteiger partial charge in [-0.3, -0.25) is 4.79 Å². The molecule has 1 N–H and O–H groups in total. The molecule has 2 rings (SSSR count). The fraction of sp³-hybridized carbons (Fsp3) is 0.562. The first-order chi connectivity index (χ1) is 9.56. The van der Waals surface area contributed by atoms with Crippen molar-refractivity contribution in [3.63, 3.8) is 0 Å². The monoisotopic (exact) mass is 277 g/mol. The van der Waals surface area contributed by atoms with E-state index in [2.05, 4.69) is 30.9 Å². The van der Waals surface area contributed by atoms with Crippen LogP contribution in [0.4, 0.5) is 0 Å². The number of carboxylic acid groups (broad SMARTS) is 1. The third-order valence-corrected chi connectivity index (χ3v) is 3.99. The van der Waals surface area contributed by atoms with Crippen LogP contribution in [0.3, 0.4) is 0 Å². The van der Waals surface area contributed by atoms with Crippen LogP contribution in [-0.2, 0) is 4.79 Å². The minimum absolute atomic E-state index is 0.185. The third-order valence-electron chi connectivity index (χ3n) is 3.99. The first-order valence-corrected chi connectivity index (χ1v) is 7.21. The highest BCUT2D eigenvalue weighted by atomic mass is 16.5. The predicted octanol–water partition coefficient (Wildman–Crippen LogP) is 2.48. The van der Waals surface area contributed by atoms with E-state index in [1.807, 2.05) is 6.07 Å². The van der Waals surface area contributed by atoms with Gasteiger partial charge in [0.25, 0.3) is 0 Å². The van der Waals surface area contributed by atoms with Crippen LogP contribution in [0.5, 0.6) is 5.75 Å². The van der Waals surface area contributed by atoms with Crippen molar-refractivity contribution in [3.05, 3.63) is 29.3 Å². The number of nitrogens with zero attached hydrogens (tertiary/aromatic N) is 1. The molecule has 1 fully saturated rings. The summed E-state index contributed by atoms with van der Waals surface area (Å²) in [5.41, 5.74) is 2.51. The number of rotatable bonds is 6. The van der Waals surface area contributed by atoms with Crippen LogP contribution in [-0.4, -0.2) is 42.2 Å². The zero-order chi connectivity index (χ0) is 14.5. The van der Waals surface area contributed by atoms with Crippen molar-refractivity contribution < 1.29 is 14.6 Å². The quantitative estimate of drug-likeness (QED) is 0.812. The Kier molecular flexibility index (Phi) is 5.01. The van der Waals surface area contributed by atoms with Crippen molar-refractivity contribution in [2.45, 2.75) is 26.7 Å². The lowest BCUT2D eigenvalue weighted by atomic mass is 10.1. The molecule has 0 spiro atoms. The molecule has 0 amide bonds. The number of aliphatic carboxylic acids is 1. The minimum Gasteiger partial charge on any atom is -0.494 e. The molecule has 1 unspecified atom stereocenters. The van der Waals surface area contributed by atoms with E-state index in [0.29, 0.717) is 13.2 Å². The highest BCUT2D eigenvalue weighted by molar-refractivity contribution is 5.70. The summed E-state index contributed by atoms with van der Waals surface area (Å²) in [4.78, 5) is 13.1. The Balaban J connectivity index is 1.67. The second-order valence-electron chi connectivity index (χ2n) is 5.57. The summed E-state index contributed by atoms with van der Waals surface area (Å²) < 4.78 is 5.73. The van der Waals surface area contributed by atoms with Crippen molar-refractivity contribution in [1.82, 2.24) is 4.90 Å². The molecule has 1 heterocycles. The van der Waals surface area contributed by atoms with Crippen LogP contribution in [0, 0.1) is 19.8 Å². The fourth-order valence-corrected chi connectivity index (χ4v) is 2.52. The van der Waals surface area contributed by atoms with E-state index >= 15 is 0 Å². The van der Waals surface area contributed by atoms with E-state index in [9.17, 15) is 4.79 Å². The average Bonchev–Trinajstić information content (AvgIpc) is 2.88. The first-order valence-electron chi connectivity index (χ1n) is 7.21. The highest BCUT2D eigenvalue weighted by Gasteiger charge is 2.27. The Morgan fingerprint density at radius 1 is 1.40 bits per heavy atom. The molecule has 1 aromatic rings. The smallest absolute Gasteiger partial charge is 0.307 e. The van der Waals surface area contributed by atoms with Crippen LogP contribution < -0.4 is 4.74 Å². The van der Waals surface area contributed by atoms with E-state index in [0.717, 1.165) is 31.7 Å². The molecule has 0 bridgehead atoms. The van der Waals surface area contributed by atoms with Crippen molar-refractivity contribution in [3.8, 4) is 5.75 Å². The first kappa shape index (κ1) is 14.9. The summed E-state index contributed by atoms with van der Waals surface area (Å²) >= 11 is 0. The van der Waals surface area contributed by atoms with Crippen LogP contribution in [0.15, 0.2) is 18.2 Å². The zero-order valence-electron chi connectivity index (χ0n) is 12.3. The molecule has 4 nitrogen and oxygen atoms in total. The van der Waals surface area contributed by atoms with Gasteiger partial charge in [-0.05, 0) is 56.5 Å². The van der Waals surface area contributed by atoms with Crippen molar-refractivity contribution in [2.75, 3.05) is 26.2 Å². The summed E-state index contributed by atoms with van der Waals surface area (Å²) in [6, 6.07) is 6.13.